The van der Waals surface area contributed by atoms with Crippen LogP contribution in [0.2, 0.25) is 0 Å². The van der Waals surface area contributed by atoms with Crippen LogP contribution >= 0.6 is 0 Å². The molecule has 0 spiro atoms. The normalized spacial score (nSPS) is 12.8. The highest BCUT2D eigenvalue weighted by atomic mass is 32.2. The zero-order valence-corrected chi connectivity index (χ0v) is 13.2. The number of sulfone groups is 1. The van der Waals surface area contributed by atoms with Crippen LogP contribution in [0.25, 0.3) is 0 Å². The predicted molar refractivity (Wildman–Crippen MR) is 80.7 cm³/mol. The van der Waals surface area contributed by atoms with Gasteiger partial charge in [-0.15, -0.1) is 0 Å². The zero-order valence-electron chi connectivity index (χ0n) is 12.4. The van der Waals surface area contributed by atoms with Gasteiger partial charge in [-0.2, -0.15) is 0 Å². The average Bonchev–Trinajstić information content (AvgIpc) is 2.37. The maximum atomic E-state index is 12.0. The summed E-state index contributed by atoms with van der Waals surface area (Å²) in [5, 5.41) is 2.75. The number of amides is 2. The number of nitrogens with one attached hydrogen (secondary N) is 1. The highest BCUT2D eigenvalue weighted by Gasteiger charge is 2.15. The molecule has 1 aromatic rings. The van der Waals surface area contributed by atoms with Crippen LogP contribution in [0.4, 0.5) is 10.5 Å². The summed E-state index contributed by atoms with van der Waals surface area (Å²) in [5.74, 6) is 0. The minimum Gasteiger partial charge on any atom is -0.325 e. The largest absolute Gasteiger partial charge is 0.325 e. The minimum atomic E-state index is -3.21. The molecule has 2 amide bonds. The molecule has 0 bridgehead atoms. The van der Waals surface area contributed by atoms with Gasteiger partial charge >= 0.3 is 6.03 Å². The number of anilines is 1. The van der Waals surface area contributed by atoms with Gasteiger partial charge in [0.25, 0.3) is 0 Å². The number of rotatable bonds is 5. The molecule has 0 fully saturated rings. The van der Waals surface area contributed by atoms with Gasteiger partial charge in [0.1, 0.15) is 0 Å². The van der Waals surface area contributed by atoms with E-state index in [1.807, 2.05) is 6.92 Å². The van der Waals surface area contributed by atoms with E-state index in [9.17, 15) is 13.2 Å². The first-order chi connectivity index (χ1) is 9.25. The first kappa shape index (κ1) is 16.5. The van der Waals surface area contributed by atoms with E-state index in [1.165, 1.54) is 12.1 Å². The van der Waals surface area contributed by atoms with Crippen molar-refractivity contribution in [2.75, 3.05) is 18.6 Å². The molecule has 0 aliphatic heterocycles. The topological polar surface area (TPSA) is 66.5 Å². The Kier molecular flexibility index (Phi) is 5.56. The average molecular weight is 298 g/mol. The monoisotopic (exact) mass is 298 g/mol. The summed E-state index contributed by atoms with van der Waals surface area (Å²) in [6.07, 6.45) is 3.11. The second-order valence-electron chi connectivity index (χ2n) is 4.98. The third-order valence-corrected chi connectivity index (χ3v) is 4.35. The van der Waals surface area contributed by atoms with Crippen molar-refractivity contribution in [1.29, 1.82) is 0 Å². The SMILES string of the molecule is CCC[C@H](C)N(C)C(=O)Nc1ccc(S(C)(=O)=O)cc1. The molecule has 0 unspecified atom stereocenters. The van der Waals surface area contributed by atoms with Gasteiger partial charge in [-0.1, -0.05) is 13.3 Å². The molecular weight excluding hydrogens is 276 g/mol. The van der Waals surface area contributed by atoms with E-state index >= 15 is 0 Å². The Morgan fingerprint density at radius 2 is 1.85 bits per heavy atom. The number of carbonyl (C=O) groups excluding carboxylic acids is 1. The van der Waals surface area contributed by atoms with Gasteiger partial charge in [0.05, 0.1) is 4.90 Å². The van der Waals surface area contributed by atoms with Gasteiger partial charge in [0, 0.05) is 25.0 Å². The first-order valence-corrected chi connectivity index (χ1v) is 8.48. The van der Waals surface area contributed by atoms with Crippen LogP contribution in [0.15, 0.2) is 29.2 Å². The van der Waals surface area contributed by atoms with Crippen molar-refractivity contribution in [3.8, 4) is 0 Å². The van der Waals surface area contributed by atoms with Crippen molar-refractivity contribution in [2.45, 2.75) is 37.6 Å². The van der Waals surface area contributed by atoms with Gasteiger partial charge in [-0.05, 0) is 37.6 Å². The van der Waals surface area contributed by atoms with Crippen LogP contribution in [0.3, 0.4) is 0 Å². The van der Waals surface area contributed by atoms with Crippen molar-refractivity contribution in [3.63, 3.8) is 0 Å². The molecule has 6 heteroatoms. The summed E-state index contributed by atoms with van der Waals surface area (Å²) in [6.45, 7) is 4.07. The van der Waals surface area contributed by atoms with E-state index < -0.39 is 9.84 Å². The van der Waals surface area contributed by atoms with E-state index in [0.29, 0.717) is 5.69 Å². The maximum absolute atomic E-state index is 12.0. The van der Waals surface area contributed by atoms with Crippen molar-refractivity contribution in [1.82, 2.24) is 4.90 Å². The third-order valence-electron chi connectivity index (χ3n) is 3.22. The fourth-order valence-corrected chi connectivity index (χ4v) is 2.44. The number of carbonyl (C=O) groups is 1. The number of hydrogen-bond donors (Lipinski definition) is 1. The molecule has 20 heavy (non-hydrogen) atoms. The van der Waals surface area contributed by atoms with Crippen LogP contribution in [0.5, 0.6) is 0 Å². The third kappa shape index (κ3) is 4.52. The summed E-state index contributed by atoms with van der Waals surface area (Å²) in [6, 6.07) is 6.12. The summed E-state index contributed by atoms with van der Waals surface area (Å²) in [5.41, 5.74) is 0.581. The highest BCUT2D eigenvalue weighted by molar-refractivity contribution is 7.90. The summed E-state index contributed by atoms with van der Waals surface area (Å²) >= 11 is 0. The van der Waals surface area contributed by atoms with Crippen molar-refractivity contribution in [2.24, 2.45) is 0 Å². The Bertz CT molecular complexity index is 552. The summed E-state index contributed by atoms with van der Waals surface area (Å²) in [7, 11) is -1.46. The first-order valence-electron chi connectivity index (χ1n) is 6.59. The smallest absolute Gasteiger partial charge is 0.321 e. The Labute approximate surface area is 120 Å². The molecule has 0 aliphatic carbocycles. The molecule has 5 nitrogen and oxygen atoms in total. The van der Waals surface area contributed by atoms with Crippen LogP contribution in [0, 0.1) is 0 Å². The van der Waals surface area contributed by atoms with E-state index in [2.05, 4.69) is 12.2 Å². The second kappa shape index (κ2) is 6.74. The molecule has 112 valence electrons. The molecular formula is C14H22N2O3S. The van der Waals surface area contributed by atoms with E-state index in [1.54, 1.807) is 24.1 Å². The molecule has 1 atom stereocenters. The van der Waals surface area contributed by atoms with E-state index in [4.69, 9.17) is 0 Å². The molecule has 0 aliphatic rings. The number of hydrogen-bond acceptors (Lipinski definition) is 3. The Hall–Kier alpha value is -1.56. The number of nitrogens with zero attached hydrogens (tertiary/aromatic N) is 1. The molecule has 0 saturated carbocycles. The maximum Gasteiger partial charge on any atom is 0.321 e. The van der Waals surface area contributed by atoms with Gasteiger partial charge in [-0.3, -0.25) is 0 Å². The highest BCUT2D eigenvalue weighted by Crippen LogP contribution is 2.15. The van der Waals surface area contributed by atoms with Gasteiger partial charge in [-0.25, -0.2) is 13.2 Å². The molecule has 0 heterocycles. The van der Waals surface area contributed by atoms with E-state index in [-0.39, 0.29) is 17.0 Å². The lowest BCUT2D eigenvalue weighted by atomic mass is 10.2. The molecule has 0 radical (unpaired) electrons. The molecule has 0 saturated heterocycles. The fourth-order valence-electron chi connectivity index (χ4n) is 1.81. The lowest BCUT2D eigenvalue weighted by Crippen LogP contribution is -2.38. The quantitative estimate of drug-likeness (QED) is 0.909. The van der Waals surface area contributed by atoms with Crippen LogP contribution < -0.4 is 5.32 Å². The zero-order chi connectivity index (χ0) is 15.3. The standard InChI is InChI=1S/C14H22N2O3S/c1-5-6-11(2)16(3)14(17)15-12-7-9-13(10-8-12)20(4,18)19/h7-11H,5-6H2,1-4H3,(H,15,17)/t11-/m0/s1. The second-order valence-corrected chi connectivity index (χ2v) is 6.99. The lowest BCUT2D eigenvalue weighted by Gasteiger charge is -2.24. The van der Waals surface area contributed by atoms with Gasteiger partial charge in [0.2, 0.25) is 0 Å². The Morgan fingerprint density at radius 3 is 2.30 bits per heavy atom. The lowest BCUT2D eigenvalue weighted by molar-refractivity contribution is 0.205. The summed E-state index contributed by atoms with van der Waals surface area (Å²) < 4.78 is 22.7. The van der Waals surface area contributed by atoms with Crippen molar-refractivity contribution >= 4 is 21.6 Å². The van der Waals surface area contributed by atoms with Crippen LogP contribution in [0.1, 0.15) is 26.7 Å². The molecule has 0 aromatic heterocycles. The Balaban J connectivity index is 2.72. The van der Waals surface area contributed by atoms with Gasteiger partial charge in [0.15, 0.2) is 9.84 Å². The molecule has 1 rings (SSSR count). The van der Waals surface area contributed by atoms with Crippen molar-refractivity contribution < 1.29 is 13.2 Å². The van der Waals surface area contributed by atoms with Gasteiger partial charge < -0.3 is 10.2 Å². The molecule has 1 aromatic carbocycles. The van der Waals surface area contributed by atoms with E-state index in [0.717, 1.165) is 19.1 Å². The summed E-state index contributed by atoms with van der Waals surface area (Å²) in [4.78, 5) is 13.9. The number of benzene rings is 1. The minimum absolute atomic E-state index is 0.162. The fraction of sp³-hybridized carbons (Fsp3) is 0.500. The van der Waals surface area contributed by atoms with Crippen molar-refractivity contribution in [3.05, 3.63) is 24.3 Å². The predicted octanol–water partition coefficient (Wildman–Crippen LogP) is 2.74. The van der Waals surface area contributed by atoms with Crippen LogP contribution in [-0.2, 0) is 9.84 Å². The van der Waals surface area contributed by atoms with Crippen LogP contribution in [-0.4, -0.2) is 38.7 Å². The molecule has 1 N–H and O–H groups in total. The number of urea groups is 1. The Morgan fingerprint density at radius 1 is 1.30 bits per heavy atom.